The Labute approximate surface area is 149 Å². The van der Waals surface area contributed by atoms with Gasteiger partial charge in [0.2, 0.25) is 5.62 Å². The summed E-state index contributed by atoms with van der Waals surface area (Å²) in [7, 11) is 0. The maximum absolute atomic E-state index is 14.2. The van der Waals surface area contributed by atoms with Gasteiger partial charge in [-0.3, -0.25) is 15.4 Å². The van der Waals surface area contributed by atoms with Crippen LogP contribution in [0.4, 0.5) is 21.6 Å². The number of para-hydroxylation sites is 1. The molecule has 0 amide bonds. The average molecular weight is 350 g/mol. The van der Waals surface area contributed by atoms with Gasteiger partial charge in [-0.15, -0.1) is 0 Å². The van der Waals surface area contributed by atoms with Crippen molar-refractivity contribution in [2.75, 3.05) is 10.6 Å². The molecule has 0 aliphatic carbocycles. The third kappa shape index (κ3) is 2.35. The Morgan fingerprint density at radius 2 is 2.08 bits per heavy atom. The number of nitrogens with one attached hydrogen (secondary N) is 2. The summed E-state index contributed by atoms with van der Waals surface area (Å²) < 4.78 is 15.5. The largest absolute Gasteiger partial charge is 0.396 e. The third-order valence-electron chi connectivity index (χ3n) is 4.94. The number of aromatic nitrogens is 2. The zero-order valence-electron chi connectivity index (χ0n) is 14.3. The van der Waals surface area contributed by atoms with Crippen LogP contribution < -0.4 is 16.3 Å². The van der Waals surface area contributed by atoms with E-state index in [1.54, 1.807) is 0 Å². The molecule has 2 aromatic carbocycles. The van der Waals surface area contributed by atoms with Gasteiger partial charge in [-0.1, -0.05) is 18.2 Å². The van der Waals surface area contributed by atoms with E-state index >= 15 is 0 Å². The maximum Gasteiger partial charge on any atom is 0.229 e. The molecule has 6 nitrogen and oxygen atoms in total. The van der Waals surface area contributed by atoms with E-state index in [0.29, 0.717) is 16.7 Å². The second kappa shape index (κ2) is 5.94. The standard InChI is InChI=1S/C19H19FN6/c1-11-6-7-12-4-2-3-5-16(12)26(11)18-13-8-14(20)15(22)9-17(13)25(10-21)19(23)24-18/h2-5,8-11,21,23H,6-7,22H2,1H3/t11-/m1/s1. The highest BCUT2D eigenvalue weighted by molar-refractivity contribution is 5.96. The van der Waals surface area contributed by atoms with Crippen LogP contribution in [0.2, 0.25) is 0 Å². The second-order valence-electron chi connectivity index (χ2n) is 6.54. The number of nitrogens with two attached hydrogens (primary N) is 1. The summed E-state index contributed by atoms with van der Waals surface area (Å²) in [5.41, 5.74) is 8.33. The highest BCUT2D eigenvalue weighted by Crippen LogP contribution is 2.38. The molecular weight excluding hydrogens is 331 g/mol. The number of benzene rings is 2. The fourth-order valence-corrected chi connectivity index (χ4v) is 3.61. The molecule has 0 fully saturated rings. The predicted octanol–water partition coefficient (Wildman–Crippen LogP) is 3.17. The highest BCUT2D eigenvalue weighted by Gasteiger charge is 2.27. The Balaban J connectivity index is 2.08. The topological polar surface area (TPSA) is 94.8 Å². The van der Waals surface area contributed by atoms with Crippen LogP contribution in [0, 0.1) is 16.6 Å². The minimum Gasteiger partial charge on any atom is -0.396 e. The molecular formula is C19H19FN6. The number of aryl methyl sites for hydroxylation is 1. The third-order valence-corrected chi connectivity index (χ3v) is 4.94. The van der Waals surface area contributed by atoms with E-state index in [2.05, 4.69) is 22.9 Å². The Morgan fingerprint density at radius 3 is 2.85 bits per heavy atom. The van der Waals surface area contributed by atoms with Gasteiger partial charge in [-0.25, -0.2) is 4.39 Å². The lowest BCUT2D eigenvalue weighted by Crippen LogP contribution is -2.36. The van der Waals surface area contributed by atoms with Crippen LogP contribution in [0.15, 0.2) is 36.4 Å². The van der Waals surface area contributed by atoms with Crippen molar-refractivity contribution in [1.29, 1.82) is 10.8 Å². The van der Waals surface area contributed by atoms with Crippen LogP contribution in [-0.2, 0) is 6.42 Å². The molecule has 4 rings (SSSR count). The Morgan fingerprint density at radius 1 is 1.31 bits per heavy atom. The summed E-state index contributed by atoms with van der Waals surface area (Å²) in [5.74, 6) is -0.0191. The van der Waals surface area contributed by atoms with Crippen LogP contribution in [-0.4, -0.2) is 21.9 Å². The fourth-order valence-electron chi connectivity index (χ4n) is 3.61. The molecule has 0 radical (unpaired) electrons. The van der Waals surface area contributed by atoms with E-state index in [1.807, 2.05) is 18.2 Å². The predicted molar refractivity (Wildman–Crippen MR) is 101 cm³/mol. The summed E-state index contributed by atoms with van der Waals surface area (Å²) >= 11 is 0. The molecule has 1 aliphatic rings. The number of hydrogen-bond acceptors (Lipinski definition) is 5. The van der Waals surface area contributed by atoms with Gasteiger partial charge in [0, 0.05) is 17.1 Å². The summed E-state index contributed by atoms with van der Waals surface area (Å²) in [4.78, 5) is 6.47. The molecule has 132 valence electrons. The van der Waals surface area contributed by atoms with Crippen molar-refractivity contribution in [3.63, 3.8) is 0 Å². The summed E-state index contributed by atoms with van der Waals surface area (Å²) in [6, 6.07) is 11.0. The summed E-state index contributed by atoms with van der Waals surface area (Å²) in [6.45, 7) is 2.10. The van der Waals surface area contributed by atoms with Gasteiger partial charge in [0.1, 0.15) is 11.6 Å². The van der Waals surface area contributed by atoms with Gasteiger partial charge in [0.15, 0.2) is 0 Å². The SMILES string of the molecule is C[C@@H]1CCc2ccccc2N1c1nc(=N)n(C=N)c2cc(N)c(F)cc12. The first kappa shape index (κ1) is 16.3. The van der Waals surface area contributed by atoms with Crippen molar-refractivity contribution in [2.45, 2.75) is 25.8 Å². The van der Waals surface area contributed by atoms with Crippen molar-refractivity contribution in [3.8, 4) is 0 Å². The maximum atomic E-state index is 14.2. The summed E-state index contributed by atoms with van der Waals surface area (Å²) in [5, 5.41) is 16.3. The summed E-state index contributed by atoms with van der Waals surface area (Å²) in [6.07, 6.45) is 2.89. The van der Waals surface area contributed by atoms with Gasteiger partial charge in [0.05, 0.1) is 17.5 Å². The molecule has 0 saturated heterocycles. The first-order valence-corrected chi connectivity index (χ1v) is 8.45. The van der Waals surface area contributed by atoms with Gasteiger partial charge >= 0.3 is 0 Å². The zero-order valence-corrected chi connectivity index (χ0v) is 14.3. The molecule has 26 heavy (non-hydrogen) atoms. The van der Waals surface area contributed by atoms with E-state index in [-0.39, 0.29) is 17.3 Å². The number of fused-ring (bicyclic) bond motifs is 2. The van der Waals surface area contributed by atoms with Crippen molar-refractivity contribution < 1.29 is 4.39 Å². The Bertz CT molecular complexity index is 1090. The molecule has 4 N–H and O–H groups in total. The fraction of sp³-hybridized carbons (Fsp3) is 0.211. The lowest BCUT2D eigenvalue weighted by Gasteiger charge is -2.36. The molecule has 7 heteroatoms. The molecule has 1 aliphatic heterocycles. The minimum atomic E-state index is -0.534. The Hall–Kier alpha value is -3.22. The quantitative estimate of drug-likeness (QED) is 0.376. The molecule has 2 heterocycles. The number of nitrogens with zero attached hydrogens (tertiary/aromatic N) is 3. The highest BCUT2D eigenvalue weighted by atomic mass is 19.1. The normalized spacial score (nSPS) is 16.5. The van der Waals surface area contributed by atoms with Crippen LogP contribution >= 0.6 is 0 Å². The number of anilines is 3. The zero-order chi connectivity index (χ0) is 18.4. The van der Waals surface area contributed by atoms with Gasteiger partial charge in [-0.2, -0.15) is 4.98 Å². The van der Waals surface area contributed by atoms with E-state index in [1.165, 1.54) is 22.3 Å². The molecule has 0 unspecified atom stereocenters. The van der Waals surface area contributed by atoms with Gasteiger partial charge in [-0.05, 0) is 43.5 Å². The van der Waals surface area contributed by atoms with Crippen LogP contribution in [0.5, 0.6) is 0 Å². The van der Waals surface area contributed by atoms with E-state index in [0.717, 1.165) is 24.9 Å². The van der Waals surface area contributed by atoms with E-state index in [9.17, 15) is 4.39 Å². The number of halogens is 1. The van der Waals surface area contributed by atoms with Crippen molar-refractivity contribution in [2.24, 2.45) is 0 Å². The smallest absolute Gasteiger partial charge is 0.229 e. The number of nitrogen functional groups attached to an aromatic ring is 1. The number of rotatable bonds is 2. The molecule has 1 atom stereocenters. The monoisotopic (exact) mass is 350 g/mol. The van der Waals surface area contributed by atoms with Gasteiger partial charge < -0.3 is 10.6 Å². The van der Waals surface area contributed by atoms with E-state index in [4.69, 9.17) is 16.6 Å². The first-order valence-electron chi connectivity index (χ1n) is 8.45. The lowest BCUT2D eigenvalue weighted by atomic mass is 9.96. The first-order chi connectivity index (χ1) is 12.5. The second-order valence-corrected chi connectivity index (χ2v) is 6.54. The lowest BCUT2D eigenvalue weighted by molar-refractivity contribution is 0.612. The van der Waals surface area contributed by atoms with Crippen LogP contribution in [0.3, 0.4) is 0 Å². The molecule has 0 saturated carbocycles. The Kier molecular flexibility index (Phi) is 3.72. The molecule has 3 aromatic rings. The average Bonchev–Trinajstić information content (AvgIpc) is 2.63. The van der Waals surface area contributed by atoms with Crippen molar-refractivity contribution in [1.82, 2.24) is 9.55 Å². The van der Waals surface area contributed by atoms with Crippen LogP contribution in [0.25, 0.3) is 10.9 Å². The van der Waals surface area contributed by atoms with E-state index < -0.39 is 5.82 Å². The minimum absolute atomic E-state index is 0.0169. The number of hydrogen-bond donors (Lipinski definition) is 3. The molecule has 1 aromatic heterocycles. The molecule has 0 bridgehead atoms. The van der Waals surface area contributed by atoms with Crippen molar-refractivity contribution in [3.05, 3.63) is 53.4 Å². The van der Waals surface area contributed by atoms with Gasteiger partial charge in [0.25, 0.3) is 0 Å². The molecule has 0 spiro atoms. The van der Waals surface area contributed by atoms with Crippen LogP contribution in [0.1, 0.15) is 18.9 Å². The van der Waals surface area contributed by atoms with Crippen molar-refractivity contribution >= 4 is 34.4 Å².